The smallest absolute Gasteiger partial charge is 0.0700 e. The van der Waals surface area contributed by atoms with Crippen molar-refractivity contribution in [2.24, 2.45) is 0 Å². The van der Waals surface area contributed by atoms with Gasteiger partial charge in [0.15, 0.2) is 0 Å². The number of halogens is 1. The fourth-order valence-electron chi connectivity index (χ4n) is 1.45. The molecule has 0 aliphatic carbocycles. The van der Waals surface area contributed by atoms with Crippen LogP contribution in [0.4, 0.5) is 0 Å². The number of hydrogen-bond acceptors (Lipinski definition) is 3. The van der Waals surface area contributed by atoms with Crippen LogP contribution < -0.4 is 5.32 Å². The molecule has 0 spiro atoms. The van der Waals surface area contributed by atoms with E-state index in [9.17, 15) is 0 Å². The van der Waals surface area contributed by atoms with Gasteiger partial charge in [0.1, 0.15) is 0 Å². The van der Waals surface area contributed by atoms with E-state index in [1.165, 1.54) is 12.8 Å². The van der Waals surface area contributed by atoms with Crippen LogP contribution in [-0.4, -0.2) is 44.9 Å². The largest absolute Gasteiger partial charge is 0.383 e. The third kappa shape index (κ3) is 4.81. The second-order valence-electron chi connectivity index (χ2n) is 3.35. The SMILES string of the molecule is COCC(Cl)CNCC1CCCO1. The van der Waals surface area contributed by atoms with Crippen LogP contribution >= 0.6 is 11.6 Å². The highest BCUT2D eigenvalue weighted by molar-refractivity contribution is 6.20. The third-order valence-corrected chi connectivity index (χ3v) is 2.39. The molecule has 3 nitrogen and oxygen atoms in total. The van der Waals surface area contributed by atoms with E-state index >= 15 is 0 Å². The summed E-state index contributed by atoms with van der Waals surface area (Å²) >= 11 is 5.94. The Morgan fingerprint density at radius 2 is 2.54 bits per heavy atom. The lowest BCUT2D eigenvalue weighted by Crippen LogP contribution is -2.32. The molecule has 0 aromatic rings. The van der Waals surface area contributed by atoms with Gasteiger partial charge in [0.2, 0.25) is 0 Å². The van der Waals surface area contributed by atoms with Gasteiger partial charge in [-0.3, -0.25) is 0 Å². The predicted octanol–water partition coefficient (Wildman–Crippen LogP) is 1.01. The molecule has 78 valence electrons. The van der Waals surface area contributed by atoms with Crippen LogP contribution in [0.1, 0.15) is 12.8 Å². The van der Waals surface area contributed by atoms with Crippen molar-refractivity contribution in [2.45, 2.75) is 24.3 Å². The summed E-state index contributed by atoms with van der Waals surface area (Å²) in [7, 11) is 1.66. The van der Waals surface area contributed by atoms with E-state index in [1.807, 2.05) is 0 Å². The zero-order valence-electron chi connectivity index (χ0n) is 8.09. The Hall–Kier alpha value is 0.170. The fourth-order valence-corrected chi connectivity index (χ4v) is 1.68. The molecule has 2 atom stereocenters. The van der Waals surface area contributed by atoms with Crippen molar-refractivity contribution in [3.05, 3.63) is 0 Å². The maximum absolute atomic E-state index is 5.94. The summed E-state index contributed by atoms with van der Waals surface area (Å²) in [4.78, 5) is 0. The first-order chi connectivity index (χ1) is 6.33. The van der Waals surface area contributed by atoms with Gasteiger partial charge in [0.05, 0.1) is 18.1 Å². The van der Waals surface area contributed by atoms with Crippen molar-refractivity contribution in [3.8, 4) is 0 Å². The van der Waals surface area contributed by atoms with Gasteiger partial charge in [0.25, 0.3) is 0 Å². The maximum Gasteiger partial charge on any atom is 0.0700 e. The zero-order chi connectivity index (χ0) is 9.52. The Bertz CT molecular complexity index is 129. The Morgan fingerprint density at radius 3 is 3.15 bits per heavy atom. The highest BCUT2D eigenvalue weighted by Crippen LogP contribution is 2.10. The Morgan fingerprint density at radius 1 is 1.69 bits per heavy atom. The quantitative estimate of drug-likeness (QED) is 0.660. The molecule has 1 heterocycles. The molecule has 13 heavy (non-hydrogen) atoms. The third-order valence-electron chi connectivity index (χ3n) is 2.11. The molecule has 0 radical (unpaired) electrons. The number of nitrogens with one attached hydrogen (secondary N) is 1. The second-order valence-corrected chi connectivity index (χ2v) is 3.96. The average Bonchev–Trinajstić information content (AvgIpc) is 2.57. The van der Waals surface area contributed by atoms with E-state index in [4.69, 9.17) is 21.1 Å². The van der Waals surface area contributed by atoms with Crippen molar-refractivity contribution in [3.63, 3.8) is 0 Å². The molecule has 1 N–H and O–H groups in total. The molecular formula is C9H18ClNO2. The monoisotopic (exact) mass is 207 g/mol. The summed E-state index contributed by atoms with van der Waals surface area (Å²) in [6, 6.07) is 0. The molecule has 1 aliphatic heterocycles. The summed E-state index contributed by atoms with van der Waals surface area (Å²) in [5.41, 5.74) is 0. The fraction of sp³-hybridized carbons (Fsp3) is 1.00. The van der Waals surface area contributed by atoms with Crippen LogP contribution in [-0.2, 0) is 9.47 Å². The summed E-state index contributed by atoms with van der Waals surface area (Å²) in [5.74, 6) is 0. The van der Waals surface area contributed by atoms with Crippen molar-refractivity contribution >= 4 is 11.6 Å². The van der Waals surface area contributed by atoms with Gasteiger partial charge in [-0.1, -0.05) is 0 Å². The highest BCUT2D eigenvalue weighted by atomic mass is 35.5. The lowest BCUT2D eigenvalue weighted by atomic mass is 10.2. The van der Waals surface area contributed by atoms with Gasteiger partial charge in [-0.25, -0.2) is 0 Å². The van der Waals surface area contributed by atoms with E-state index in [0.29, 0.717) is 12.7 Å². The summed E-state index contributed by atoms with van der Waals surface area (Å²) in [6.45, 7) is 3.21. The first-order valence-electron chi connectivity index (χ1n) is 4.78. The van der Waals surface area contributed by atoms with Gasteiger partial charge in [0, 0.05) is 26.8 Å². The molecule has 0 bridgehead atoms. The van der Waals surface area contributed by atoms with Gasteiger partial charge in [-0.05, 0) is 12.8 Å². The van der Waals surface area contributed by atoms with Crippen LogP contribution in [0.5, 0.6) is 0 Å². The lowest BCUT2D eigenvalue weighted by molar-refractivity contribution is 0.109. The van der Waals surface area contributed by atoms with Crippen LogP contribution in [0.15, 0.2) is 0 Å². The zero-order valence-corrected chi connectivity index (χ0v) is 8.85. The number of methoxy groups -OCH3 is 1. The number of alkyl halides is 1. The van der Waals surface area contributed by atoms with Gasteiger partial charge < -0.3 is 14.8 Å². The molecule has 0 amide bonds. The van der Waals surface area contributed by atoms with Crippen molar-refractivity contribution in [1.82, 2.24) is 5.32 Å². The molecular weight excluding hydrogens is 190 g/mol. The average molecular weight is 208 g/mol. The molecule has 0 aromatic heterocycles. The molecule has 1 saturated heterocycles. The van der Waals surface area contributed by atoms with E-state index in [1.54, 1.807) is 7.11 Å². The first kappa shape index (κ1) is 11.2. The molecule has 1 fully saturated rings. The minimum absolute atomic E-state index is 0.0615. The van der Waals surface area contributed by atoms with Crippen molar-refractivity contribution in [2.75, 3.05) is 33.4 Å². The first-order valence-corrected chi connectivity index (χ1v) is 5.22. The van der Waals surface area contributed by atoms with Crippen molar-refractivity contribution in [1.29, 1.82) is 0 Å². The van der Waals surface area contributed by atoms with Crippen LogP contribution in [0.3, 0.4) is 0 Å². The molecule has 0 saturated carbocycles. The maximum atomic E-state index is 5.94. The van der Waals surface area contributed by atoms with Gasteiger partial charge >= 0.3 is 0 Å². The molecule has 0 aromatic carbocycles. The Balaban J connectivity index is 1.93. The normalized spacial score (nSPS) is 24.9. The highest BCUT2D eigenvalue weighted by Gasteiger charge is 2.15. The van der Waals surface area contributed by atoms with Crippen LogP contribution in [0.25, 0.3) is 0 Å². The van der Waals surface area contributed by atoms with E-state index in [2.05, 4.69) is 5.32 Å². The standard InChI is InChI=1S/C9H18ClNO2/c1-12-7-8(10)5-11-6-9-3-2-4-13-9/h8-9,11H,2-7H2,1H3. The summed E-state index contributed by atoms with van der Waals surface area (Å²) < 4.78 is 10.4. The van der Waals surface area contributed by atoms with Gasteiger partial charge in [-0.2, -0.15) is 0 Å². The van der Waals surface area contributed by atoms with E-state index < -0.39 is 0 Å². The molecule has 4 heteroatoms. The molecule has 2 unspecified atom stereocenters. The Labute approximate surface area is 84.7 Å². The summed E-state index contributed by atoms with van der Waals surface area (Å²) in [5, 5.41) is 3.34. The topological polar surface area (TPSA) is 30.5 Å². The Kier molecular flexibility index (Phi) is 5.71. The second kappa shape index (κ2) is 6.60. The number of ether oxygens (including phenoxy) is 2. The lowest BCUT2D eigenvalue weighted by Gasteiger charge is -2.13. The van der Waals surface area contributed by atoms with Crippen molar-refractivity contribution < 1.29 is 9.47 Å². The van der Waals surface area contributed by atoms with Gasteiger partial charge in [-0.15, -0.1) is 11.6 Å². The minimum atomic E-state index is 0.0615. The summed E-state index contributed by atoms with van der Waals surface area (Å²) in [6.07, 6.45) is 2.75. The minimum Gasteiger partial charge on any atom is -0.383 e. The number of rotatable bonds is 6. The molecule has 1 rings (SSSR count). The van der Waals surface area contributed by atoms with Crippen LogP contribution in [0.2, 0.25) is 0 Å². The number of hydrogen-bond donors (Lipinski definition) is 1. The predicted molar refractivity (Wildman–Crippen MR) is 53.4 cm³/mol. The van der Waals surface area contributed by atoms with E-state index in [0.717, 1.165) is 19.7 Å². The molecule has 1 aliphatic rings. The van der Waals surface area contributed by atoms with Crippen LogP contribution in [0, 0.1) is 0 Å². The van der Waals surface area contributed by atoms with E-state index in [-0.39, 0.29) is 5.38 Å².